The highest BCUT2D eigenvalue weighted by Crippen LogP contribution is 2.31. The quantitative estimate of drug-likeness (QED) is 0.928. The number of methoxy groups -OCH3 is 1. The van der Waals surface area contributed by atoms with Crippen molar-refractivity contribution in [2.45, 2.75) is 11.8 Å². The van der Waals surface area contributed by atoms with Crippen LogP contribution < -0.4 is 9.46 Å². The smallest absolute Gasteiger partial charge is 0.265 e. The van der Waals surface area contributed by atoms with Gasteiger partial charge >= 0.3 is 0 Å². The van der Waals surface area contributed by atoms with Crippen molar-refractivity contribution in [3.63, 3.8) is 0 Å². The molecule has 0 aliphatic rings. The maximum absolute atomic E-state index is 12.5. The van der Waals surface area contributed by atoms with Gasteiger partial charge in [0.05, 0.1) is 24.4 Å². The molecule has 114 valence electrons. The highest BCUT2D eigenvalue weighted by molar-refractivity contribution is 7.92. The molecule has 1 N–H and O–H groups in total. The van der Waals surface area contributed by atoms with Crippen molar-refractivity contribution >= 4 is 27.3 Å². The SMILES string of the molecule is COc1cc(C)c(Cl)cc1S(=O)(=O)Nc1cccc(C#N)c1. The van der Waals surface area contributed by atoms with Crippen LogP contribution in [0.25, 0.3) is 0 Å². The summed E-state index contributed by atoms with van der Waals surface area (Å²) in [6, 6.07) is 11.0. The van der Waals surface area contributed by atoms with E-state index in [1.54, 1.807) is 31.2 Å². The zero-order valence-electron chi connectivity index (χ0n) is 11.9. The number of aryl methyl sites for hydroxylation is 1. The summed E-state index contributed by atoms with van der Waals surface area (Å²) in [7, 11) is -2.50. The van der Waals surface area contributed by atoms with E-state index in [-0.39, 0.29) is 16.3 Å². The number of anilines is 1. The maximum Gasteiger partial charge on any atom is 0.265 e. The number of benzene rings is 2. The van der Waals surface area contributed by atoms with Crippen molar-refractivity contribution in [3.8, 4) is 11.8 Å². The lowest BCUT2D eigenvalue weighted by Gasteiger charge is -2.13. The van der Waals surface area contributed by atoms with Crippen molar-refractivity contribution in [1.82, 2.24) is 0 Å². The van der Waals surface area contributed by atoms with Crippen LogP contribution in [0.2, 0.25) is 5.02 Å². The average Bonchev–Trinajstić information content (AvgIpc) is 2.49. The van der Waals surface area contributed by atoms with Gasteiger partial charge in [-0.3, -0.25) is 4.72 Å². The van der Waals surface area contributed by atoms with Crippen LogP contribution in [0.3, 0.4) is 0 Å². The zero-order valence-corrected chi connectivity index (χ0v) is 13.5. The van der Waals surface area contributed by atoms with Crippen LogP contribution in [0, 0.1) is 18.3 Å². The lowest BCUT2D eigenvalue weighted by atomic mass is 10.2. The summed E-state index contributed by atoms with van der Waals surface area (Å²) < 4.78 is 32.6. The number of hydrogen-bond acceptors (Lipinski definition) is 4. The third-order valence-corrected chi connectivity index (χ3v) is 4.79. The van der Waals surface area contributed by atoms with E-state index in [1.807, 2.05) is 6.07 Å². The molecule has 0 heterocycles. The summed E-state index contributed by atoms with van der Waals surface area (Å²) in [5, 5.41) is 9.19. The van der Waals surface area contributed by atoms with Crippen molar-refractivity contribution in [1.29, 1.82) is 5.26 Å². The predicted molar refractivity (Wildman–Crippen MR) is 84.7 cm³/mol. The number of hydrogen-bond donors (Lipinski definition) is 1. The number of nitriles is 1. The largest absolute Gasteiger partial charge is 0.495 e. The van der Waals surface area contributed by atoms with Gasteiger partial charge in [-0.25, -0.2) is 8.42 Å². The number of halogens is 1. The van der Waals surface area contributed by atoms with Crippen LogP contribution >= 0.6 is 11.6 Å². The Kier molecular flexibility index (Phi) is 4.59. The van der Waals surface area contributed by atoms with Crippen molar-refractivity contribution < 1.29 is 13.2 Å². The summed E-state index contributed by atoms with van der Waals surface area (Å²) in [6.45, 7) is 1.76. The van der Waals surface area contributed by atoms with Gasteiger partial charge in [-0.05, 0) is 42.8 Å². The van der Waals surface area contributed by atoms with Gasteiger partial charge < -0.3 is 4.74 Å². The molecular formula is C15H13ClN2O3S. The Hall–Kier alpha value is -2.23. The molecule has 0 aromatic heterocycles. The normalized spacial score (nSPS) is 10.8. The van der Waals surface area contributed by atoms with Crippen molar-refractivity contribution in [3.05, 3.63) is 52.5 Å². The monoisotopic (exact) mass is 336 g/mol. The highest BCUT2D eigenvalue weighted by Gasteiger charge is 2.21. The van der Waals surface area contributed by atoms with Gasteiger partial charge in [-0.2, -0.15) is 5.26 Å². The Bertz CT molecular complexity index is 858. The lowest BCUT2D eigenvalue weighted by Crippen LogP contribution is -2.14. The van der Waals surface area contributed by atoms with Crippen LogP contribution in [-0.2, 0) is 10.0 Å². The first kappa shape index (κ1) is 16.1. The van der Waals surface area contributed by atoms with Crippen LogP contribution in [0.1, 0.15) is 11.1 Å². The van der Waals surface area contributed by atoms with Gasteiger partial charge in [-0.1, -0.05) is 17.7 Å². The number of sulfonamides is 1. The number of nitrogens with one attached hydrogen (secondary N) is 1. The molecule has 2 aromatic rings. The molecule has 0 aliphatic carbocycles. The molecule has 0 atom stereocenters. The molecule has 0 bridgehead atoms. The molecular weight excluding hydrogens is 324 g/mol. The summed E-state index contributed by atoms with van der Waals surface area (Å²) in [4.78, 5) is -0.0621. The fourth-order valence-electron chi connectivity index (χ4n) is 1.87. The fraction of sp³-hybridized carbons (Fsp3) is 0.133. The van der Waals surface area contributed by atoms with Crippen LogP contribution in [0.5, 0.6) is 5.75 Å². The zero-order chi connectivity index (χ0) is 16.3. The first-order valence-electron chi connectivity index (χ1n) is 6.24. The van der Waals surface area contributed by atoms with Gasteiger partial charge in [-0.15, -0.1) is 0 Å². The first-order chi connectivity index (χ1) is 10.4. The van der Waals surface area contributed by atoms with E-state index in [9.17, 15) is 8.42 Å². The lowest BCUT2D eigenvalue weighted by molar-refractivity contribution is 0.402. The van der Waals surface area contributed by atoms with Crippen molar-refractivity contribution in [2.75, 3.05) is 11.8 Å². The minimum atomic E-state index is -3.89. The Morgan fingerprint density at radius 2 is 2.00 bits per heavy atom. The maximum atomic E-state index is 12.5. The molecule has 0 radical (unpaired) electrons. The highest BCUT2D eigenvalue weighted by atomic mass is 35.5. The molecule has 0 fully saturated rings. The summed E-state index contributed by atoms with van der Waals surface area (Å²) >= 11 is 6.01. The fourth-order valence-corrected chi connectivity index (χ4v) is 3.32. The van der Waals surface area contributed by atoms with E-state index in [0.29, 0.717) is 16.1 Å². The van der Waals surface area contributed by atoms with E-state index in [1.165, 1.54) is 19.2 Å². The molecule has 22 heavy (non-hydrogen) atoms. The molecule has 0 aliphatic heterocycles. The molecule has 0 unspecified atom stereocenters. The van der Waals surface area contributed by atoms with Gasteiger partial charge in [0.25, 0.3) is 10.0 Å². The molecule has 2 rings (SSSR count). The van der Waals surface area contributed by atoms with E-state index >= 15 is 0 Å². The van der Waals surface area contributed by atoms with Crippen molar-refractivity contribution in [2.24, 2.45) is 0 Å². The molecule has 0 saturated carbocycles. The third-order valence-electron chi connectivity index (χ3n) is 2.98. The van der Waals surface area contributed by atoms with Crippen LogP contribution in [0.15, 0.2) is 41.3 Å². The second-order valence-corrected chi connectivity index (χ2v) is 6.61. The average molecular weight is 337 g/mol. The standard InChI is InChI=1S/C15H13ClN2O3S/c1-10-6-14(21-2)15(8-13(10)16)22(19,20)18-12-5-3-4-11(7-12)9-17/h3-8,18H,1-2H3. The van der Waals surface area contributed by atoms with E-state index in [0.717, 1.165) is 0 Å². The first-order valence-corrected chi connectivity index (χ1v) is 8.10. The van der Waals surface area contributed by atoms with Crippen LogP contribution in [-0.4, -0.2) is 15.5 Å². The van der Waals surface area contributed by atoms with E-state index < -0.39 is 10.0 Å². The number of rotatable bonds is 4. The van der Waals surface area contributed by atoms with Gasteiger partial charge in [0.1, 0.15) is 10.6 Å². The van der Waals surface area contributed by atoms with E-state index in [2.05, 4.69) is 4.72 Å². The molecule has 7 heteroatoms. The molecule has 0 saturated heterocycles. The number of ether oxygens (including phenoxy) is 1. The second-order valence-electron chi connectivity index (χ2n) is 4.55. The van der Waals surface area contributed by atoms with Crippen LogP contribution in [0.4, 0.5) is 5.69 Å². The Balaban J connectivity index is 2.47. The topological polar surface area (TPSA) is 79.2 Å². The van der Waals surface area contributed by atoms with Gasteiger partial charge in [0.2, 0.25) is 0 Å². The molecule has 0 amide bonds. The van der Waals surface area contributed by atoms with Gasteiger partial charge in [0.15, 0.2) is 0 Å². The van der Waals surface area contributed by atoms with E-state index in [4.69, 9.17) is 21.6 Å². The minimum absolute atomic E-state index is 0.0621. The predicted octanol–water partition coefficient (Wildman–Crippen LogP) is 3.33. The summed E-state index contributed by atoms with van der Waals surface area (Å²) in [6.07, 6.45) is 0. The third kappa shape index (κ3) is 3.32. The van der Waals surface area contributed by atoms with Gasteiger partial charge in [0, 0.05) is 5.02 Å². The Morgan fingerprint density at radius 1 is 1.27 bits per heavy atom. The Morgan fingerprint density at radius 3 is 2.64 bits per heavy atom. The molecule has 5 nitrogen and oxygen atoms in total. The Labute approximate surface area is 134 Å². The minimum Gasteiger partial charge on any atom is -0.495 e. The number of nitrogens with zero attached hydrogens (tertiary/aromatic N) is 1. The molecule has 2 aromatic carbocycles. The molecule has 0 spiro atoms. The summed E-state index contributed by atoms with van der Waals surface area (Å²) in [5.41, 5.74) is 1.36. The summed E-state index contributed by atoms with van der Waals surface area (Å²) in [5.74, 6) is 0.200. The second kappa shape index (κ2) is 6.26.